The molecule has 0 aromatic carbocycles. The molecule has 0 aliphatic heterocycles. The average molecular weight is 514 g/mol. The first-order valence-corrected chi connectivity index (χ1v) is 15.5. The van der Waals surface area contributed by atoms with Crippen LogP contribution in [0.25, 0.3) is 5.82 Å². The highest BCUT2D eigenvalue weighted by molar-refractivity contribution is 6.74. The van der Waals surface area contributed by atoms with Crippen LogP contribution in [0.4, 0.5) is 14.6 Å². The summed E-state index contributed by atoms with van der Waals surface area (Å²) in [5.41, 5.74) is 2.77. The Balaban J connectivity index is 1.76. The summed E-state index contributed by atoms with van der Waals surface area (Å²) in [6.07, 6.45) is 5.71. The minimum atomic E-state index is -2.58. The van der Waals surface area contributed by atoms with E-state index in [-0.39, 0.29) is 30.0 Å². The molecule has 1 atom stereocenters. The molecule has 4 rings (SSSR count). The smallest absolute Gasteiger partial charge is 0.248 e. The zero-order valence-corrected chi connectivity index (χ0v) is 23.1. The van der Waals surface area contributed by atoms with Crippen LogP contribution < -0.4 is 5.32 Å². The van der Waals surface area contributed by atoms with Crippen LogP contribution in [-0.2, 0) is 4.43 Å². The molecule has 1 N–H and O–H groups in total. The largest absolute Gasteiger partial charge is 0.406 e. The first-order valence-electron chi connectivity index (χ1n) is 12.6. The lowest BCUT2D eigenvalue weighted by atomic mass is 9.92. The SMILES string of the molecule is Cc1ccn(-c2cc(C(O[Si](C)(C)C(C)(C)C)c3cccnc3)cc(NC3CCC(F)(F)CC3)n2)n1. The zero-order chi connectivity index (χ0) is 26.1. The number of aromatic nitrogens is 4. The highest BCUT2D eigenvalue weighted by Gasteiger charge is 2.40. The van der Waals surface area contributed by atoms with E-state index in [2.05, 4.69) is 49.3 Å². The van der Waals surface area contributed by atoms with Crippen molar-refractivity contribution in [2.45, 2.75) is 89.6 Å². The Morgan fingerprint density at radius 2 is 1.86 bits per heavy atom. The number of rotatable bonds is 7. The van der Waals surface area contributed by atoms with Gasteiger partial charge in [-0.1, -0.05) is 26.8 Å². The molecule has 9 heteroatoms. The van der Waals surface area contributed by atoms with Gasteiger partial charge in [-0.2, -0.15) is 5.10 Å². The van der Waals surface area contributed by atoms with Gasteiger partial charge in [-0.05, 0) is 67.7 Å². The number of nitrogens with zero attached hydrogens (tertiary/aromatic N) is 4. The molecule has 0 radical (unpaired) electrons. The summed E-state index contributed by atoms with van der Waals surface area (Å²) in [7, 11) is -2.18. The quantitative estimate of drug-likeness (QED) is 0.342. The average Bonchev–Trinajstić information content (AvgIpc) is 3.25. The molecule has 0 saturated heterocycles. The van der Waals surface area contributed by atoms with Crippen molar-refractivity contribution in [2.24, 2.45) is 0 Å². The number of halogens is 2. The molecule has 1 aliphatic rings. The number of hydrogen-bond acceptors (Lipinski definition) is 5. The molecule has 36 heavy (non-hydrogen) atoms. The minimum absolute atomic E-state index is 0.0107. The third kappa shape index (κ3) is 6.18. The van der Waals surface area contributed by atoms with Crippen molar-refractivity contribution in [3.63, 3.8) is 0 Å². The lowest BCUT2D eigenvalue weighted by Crippen LogP contribution is -2.42. The Morgan fingerprint density at radius 1 is 1.14 bits per heavy atom. The summed E-state index contributed by atoms with van der Waals surface area (Å²) < 4.78 is 36.2. The third-order valence-electron chi connectivity index (χ3n) is 7.37. The molecule has 1 unspecified atom stereocenters. The van der Waals surface area contributed by atoms with Gasteiger partial charge >= 0.3 is 0 Å². The Bertz CT molecular complexity index is 1170. The summed E-state index contributed by atoms with van der Waals surface area (Å²) in [6.45, 7) is 13.1. The van der Waals surface area contributed by atoms with Crippen LogP contribution in [0.1, 0.15) is 69.4 Å². The van der Waals surface area contributed by atoms with E-state index in [1.807, 2.05) is 49.6 Å². The van der Waals surface area contributed by atoms with Crippen LogP contribution in [0.5, 0.6) is 0 Å². The van der Waals surface area contributed by atoms with Gasteiger partial charge in [-0.15, -0.1) is 0 Å². The topological polar surface area (TPSA) is 64.9 Å². The first kappa shape index (κ1) is 26.4. The molecule has 1 aliphatic carbocycles. The Kier molecular flexibility index (Phi) is 7.34. The number of pyridine rings is 2. The molecule has 0 amide bonds. The second-order valence-electron chi connectivity index (χ2n) is 11.4. The molecule has 3 heterocycles. The van der Waals surface area contributed by atoms with Crippen LogP contribution in [0.15, 0.2) is 48.9 Å². The predicted molar refractivity (Wildman–Crippen MR) is 141 cm³/mol. The zero-order valence-electron chi connectivity index (χ0n) is 22.1. The van der Waals surface area contributed by atoms with E-state index < -0.39 is 14.2 Å². The van der Waals surface area contributed by atoms with Gasteiger partial charge in [0.25, 0.3) is 0 Å². The van der Waals surface area contributed by atoms with Gasteiger partial charge < -0.3 is 9.74 Å². The summed E-state index contributed by atoms with van der Waals surface area (Å²) in [5.74, 6) is -1.29. The van der Waals surface area contributed by atoms with Gasteiger partial charge in [-0.25, -0.2) is 18.4 Å². The van der Waals surface area contributed by atoms with Crippen molar-refractivity contribution in [3.05, 3.63) is 65.7 Å². The lowest BCUT2D eigenvalue weighted by Gasteiger charge is -2.39. The lowest BCUT2D eigenvalue weighted by molar-refractivity contribution is -0.0361. The van der Waals surface area contributed by atoms with E-state index >= 15 is 0 Å². The maximum absolute atomic E-state index is 13.7. The minimum Gasteiger partial charge on any atom is -0.406 e. The molecule has 1 saturated carbocycles. The molecule has 1 fully saturated rings. The number of hydrogen-bond donors (Lipinski definition) is 1. The highest BCUT2D eigenvalue weighted by atomic mass is 28.4. The molecular formula is C27H37F2N5OSi. The molecule has 0 bridgehead atoms. The van der Waals surface area contributed by atoms with Crippen molar-refractivity contribution < 1.29 is 13.2 Å². The molecule has 3 aromatic rings. The highest BCUT2D eigenvalue weighted by Crippen LogP contribution is 2.42. The standard InChI is InChI=1S/C27H37F2N5OSi/c1-19-11-15-34(33-19)24-17-21(16-23(32-24)31-22-9-12-27(28,29)13-10-22)25(20-8-7-14-30-18-20)35-36(5,6)26(2,3)4/h7-8,11,14-18,22,25H,9-10,12-13H2,1-6H3,(H,31,32). The van der Waals surface area contributed by atoms with E-state index in [1.54, 1.807) is 10.9 Å². The fourth-order valence-electron chi connectivity index (χ4n) is 4.15. The van der Waals surface area contributed by atoms with Crippen LogP contribution in [0.3, 0.4) is 0 Å². The van der Waals surface area contributed by atoms with Gasteiger partial charge in [0, 0.05) is 43.0 Å². The maximum Gasteiger partial charge on any atom is 0.248 e. The molecule has 0 spiro atoms. The van der Waals surface area contributed by atoms with Gasteiger partial charge in [-0.3, -0.25) is 4.98 Å². The van der Waals surface area contributed by atoms with E-state index in [1.165, 1.54) is 0 Å². The number of alkyl halides is 2. The number of nitrogens with one attached hydrogen (secondary N) is 1. The van der Waals surface area contributed by atoms with Crippen LogP contribution >= 0.6 is 0 Å². The summed E-state index contributed by atoms with van der Waals surface area (Å²) >= 11 is 0. The van der Waals surface area contributed by atoms with E-state index in [0.717, 1.165) is 16.8 Å². The summed E-state index contributed by atoms with van der Waals surface area (Å²) in [4.78, 5) is 9.16. The Hall–Kier alpha value is -2.65. The van der Waals surface area contributed by atoms with Crippen molar-refractivity contribution in [1.29, 1.82) is 0 Å². The van der Waals surface area contributed by atoms with Crippen LogP contribution in [-0.4, -0.2) is 40.0 Å². The Morgan fingerprint density at radius 3 is 2.44 bits per heavy atom. The second-order valence-corrected chi connectivity index (χ2v) is 16.1. The molecule has 3 aromatic heterocycles. The van der Waals surface area contributed by atoms with Gasteiger partial charge in [0.1, 0.15) is 5.82 Å². The molecular weight excluding hydrogens is 476 g/mol. The van der Waals surface area contributed by atoms with Gasteiger partial charge in [0.05, 0.1) is 11.8 Å². The maximum atomic E-state index is 13.7. The van der Waals surface area contributed by atoms with E-state index in [9.17, 15) is 8.78 Å². The summed E-state index contributed by atoms with van der Waals surface area (Å²) in [5, 5.41) is 8.00. The van der Waals surface area contributed by atoms with Crippen molar-refractivity contribution in [1.82, 2.24) is 19.7 Å². The van der Waals surface area contributed by atoms with E-state index in [4.69, 9.17) is 9.41 Å². The third-order valence-corrected chi connectivity index (χ3v) is 11.8. The summed E-state index contributed by atoms with van der Waals surface area (Å²) in [6, 6.07) is 9.79. The molecule has 6 nitrogen and oxygen atoms in total. The monoisotopic (exact) mass is 513 g/mol. The number of aryl methyl sites for hydroxylation is 1. The van der Waals surface area contributed by atoms with Crippen LogP contribution in [0.2, 0.25) is 18.1 Å². The van der Waals surface area contributed by atoms with Crippen molar-refractivity contribution >= 4 is 14.1 Å². The number of anilines is 1. The van der Waals surface area contributed by atoms with Crippen LogP contribution in [0, 0.1) is 6.92 Å². The molecule has 194 valence electrons. The van der Waals surface area contributed by atoms with Gasteiger partial charge in [0.15, 0.2) is 14.1 Å². The predicted octanol–water partition coefficient (Wildman–Crippen LogP) is 7.07. The normalized spacial score (nSPS) is 17.7. The Labute approximate surface area is 213 Å². The van der Waals surface area contributed by atoms with Crippen molar-refractivity contribution in [3.8, 4) is 5.82 Å². The fraction of sp³-hybridized carbons (Fsp3) is 0.519. The van der Waals surface area contributed by atoms with Crippen molar-refractivity contribution in [2.75, 3.05) is 5.32 Å². The first-order chi connectivity index (χ1) is 16.8. The second kappa shape index (κ2) is 10.0. The fourth-order valence-corrected chi connectivity index (χ4v) is 5.36. The van der Waals surface area contributed by atoms with E-state index in [0.29, 0.717) is 24.5 Å². The van der Waals surface area contributed by atoms with Gasteiger partial charge in [0.2, 0.25) is 5.92 Å².